The van der Waals surface area contributed by atoms with E-state index in [1.807, 2.05) is 38.1 Å². The molecule has 0 radical (unpaired) electrons. The Balaban J connectivity index is 1.98. The number of carbonyl (C=O) groups excluding carboxylic acids is 1. The molecule has 1 aliphatic heterocycles. The fraction of sp³-hybridized carbons (Fsp3) is 0.385. The highest BCUT2D eigenvalue weighted by Crippen LogP contribution is 2.52. The molecule has 2 aliphatic rings. The first-order chi connectivity index (χ1) is 7.63. The standard InChI is InChI=1S/C13H14N2O/c1-9-3-5-11(6-4-9)15-12(16)13(7-8-13)10(2)14-15/h3-6H,7-8H2,1-2H3. The highest BCUT2D eigenvalue weighted by atomic mass is 16.2. The van der Waals surface area contributed by atoms with Gasteiger partial charge in [0.15, 0.2) is 0 Å². The zero-order valence-corrected chi connectivity index (χ0v) is 9.53. The first-order valence-corrected chi connectivity index (χ1v) is 5.60. The zero-order chi connectivity index (χ0) is 11.3. The van der Waals surface area contributed by atoms with Crippen molar-refractivity contribution in [3.05, 3.63) is 29.8 Å². The van der Waals surface area contributed by atoms with Crippen molar-refractivity contribution >= 4 is 17.3 Å². The van der Waals surface area contributed by atoms with Gasteiger partial charge in [0, 0.05) is 0 Å². The van der Waals surface area contributed by atoms with E-state index in [1.54, 1.807) is 5.01 Å². The molecule has 0 unspecified atom stereocenters. The van der Waals surface area contributed by atoms with Crippen molar-refractivity contribution in [2.45, 2.75) is 26.7 Å². The van der Waals surface area contributed by atoms with Crippen molar-refractivity contribution in [3.8, 4) is 0 Å². The van der Waals surface area contributed by atoms with Gasteiger partial charge in [-0.3, -0.25) is 4.79 Å². The number of hydrogen-bond acceptors (Lipinski definition) is 2. The average Bonchev–Trinajstić information content (AvgIpc) is 3.03. The number of nitrogens with zero attached hydrogens (tertiary/aromatic N) is 2. The Kier molecular flexibility index (Phi) is 1.76. The molecule has 0 saturated heterocycles. The summed E-state index contributed by atoms with van der Waals surface area (Å²) in [6, 6.07) is 7.91. The molecular weight excluding hydrogens is 200 g/mol. The Morgan fingerprint density at radius 2 is 1.81 bits per heavy atom. The van der Waals surface area contributed by atoms with Crippen molar-refractivity contribution in [2.24, 2.45) is 10.5 Å². The van der Waals surface area contributed by atoms with E-state index in [0.29, 0.717) is 0 Å². The van der Waals surface area contributed by atoms with Crippen LogP contribution in [-0.2, 0) is 4.79 Å². The molecule has 1 amide bonds. The number of hydrazone groups is 1. The van der Waals surface area contributed by atoms with Gasteiger partial charge in [-0.25, -0.2) is 0 Å². The monoisotopic (exact) mass is 214 g/mol. The van der Waals surface area contributed by atoms with Crippen LogP contribution in [0.25, 0.3) is 0 Å². The van der Waals surface area contributed by atoms with E-state index < -0.39 is 0 Å². The molecule has 1 saturated carbocycles. The van der Waals surface area contributed by atoms with Crippen LogP contribution in [0.1, 0.15) is 25.3 Å². The molecule has 3 heteroatoms. The summed E-state index contributed by atoms with van der Waals surface area (Å²) < 4.78 is 0. The Hall–Kier alpha value is -1.64. The van der Waals surface area contributed by atoms with E-state index in [4.69, 9.17) is 0 Å². The van der Waals surface area contributed by atoms with E-state index in [-0.39, 0.29) is 11.3 Å². The number of rotatable bonds is 1. The van der Waals surface area contributed by atoms with Gasteiger partial charge in [-0.05, 0) is 38.8 Å². The normalized spacial score (nSPS) is 21.5. The van der Waals surface area contributed by atoms with Crippen LogP contribution in [0.15, 0.2) is 29.4 Å². The van der Waals surface area contributed by atoms with E-state index in [0.717, 1.165) is 24.2 Å². The predicted molar refractivity (Wildman–Crippen MR) is 63.4 cm³/mol. The summed E-state index contributed by atoms with van der Waals surface area (Å²) in [6.07, 6.45) is 1.92. The number of benzene rings is 1. The first-order valence-electron chi connectivity index (χ1n) is 5.60. The minimum absolute atomic E-state index is 0.147. The smallest absolute Gasteiger partial charge is 0.259 e. The number of amides is 1. The van der Waals surface area contributed by atoms with Crippen molar-refractivity contribution in [1.82, 2.24) is 0 Å². The lowest BCUT2D eigenvalue weighted by Gasteiger charge is -2.13. The molecule has 0 atom stereocenters. The molecule has 0 bridgehead atoms. The minimum atomic E-state index is -0.231. The van der Waals surface area contributed by atoms with E-state index in [9.17, 15) is 4.79 Å². The van der Waals surface area contributed by atoms with E-state index in [1.165, 1.54) is 5.56 Å². The maximum atomic E-state index is 12.2. The van der Waals surface area contributed by atoms with Gasteiger partial charge in [0.1, 0.15) is 0 Å². The molecule has 1 aromatic carbocycles. The summed E-state index contributed by atoms with van der Waals surface area (Å²) in [6.45, 7) is 3.99. The highest BCUT2D eigenvalue weighted by molar-refractivity contribution is 6.20. The quantitative estimate of drug-likeness (QED) is 0.707. The van der Waals surface area contributed by atoms with Crippen molar-refractivity contribution in [2.75, 3.05) is 5.01 Å². The number of hydrogen-bond donors (Lipinski definition) is 0. The fourth-order valence-electron chi connectivity index (χ4n) is 2.21. The van der Waals surface area contributed by atoms with Crippen LogP contribution >= 0.6 is 0 Å². The predicted octanol–water partition coefficient (Wildman–Crippen LogP) is 2.50. The molecule has 3 rings (SSSR count). The topological polar surface area (TPSA) is 32.7 Å². The Labute approximate surface area is 94.8 Å². The molecule has 16 heavy (non-hydrogen) atoms. The lowest BCUT2D eigenvalue weighted by molar-refractivity contribution is -0.120. The molecule has 0 N–H and O–H groups in total. The second-order valence-corrected chi connectivity index (χ2v) is 4.72. The Morgan fingerprint density at radius 1 is 1.19 bits per heavy atom. The third-order valence-electron chi connectivity index (χ3n) is 3.57. The molecule has 1 aromatic rings. The number of anilines is 1. The molecule has 1 aliphatic carbocycles. The summed E-state index contributed by atoms with van der Waals surface area (Å²) in [5.74, 6) is 0.147. The largest absolute Gasteiger partial charge is 0.271 e. The second-order valence-electron chi connectivity index (χ2n) is 4.72. The van der Waals surface area contributed by atoms with Crippen LogP contribution in [-0.4, -0.2) is 11.6 Å². The minimum Gasteiger partial charge on any atom is -0.271 e. The van der Waals surface area contributed by atoms with Crippen LogP contribution in [0.3, 0.4) is 0 Å². The maximum absolute atomic E-state index is 12.2. The van der Waals surface area contributed by atoms with Crippen molar-refractivity contribution in [1.29, 1.82) is 0 Å². The molecule has 1 heterocycles. The lowest BCUT2D eigenvalue weighted by atomic mass is 10.0. The second kappa shape index (κ2) is 2.94. The maximum Gasteiger partial charge on any atom is 0.259 e. The van der Waals surface area contributed by atoms with E-state index >= 15 is 0 Å². The molecule has 3 nitrogen and oxygen atoms in total. The average molecular weight is 214 g/mol. The van der Waals surface area contributed by atoms with Gasteiger partial charge < -0.3 is 0 Å². The van der Waals surface area contributed by atoms with Gasteiger partial charge >= 0.3 is 0 Å². The van der Waals surface area contributed by atoms with Crippen molar-refractivity contribution in [3.63, 3.8) is 0 Å². The summed E-state index contributed by atoms with van der Waals surface area (Å²) in [5.41, 5.74) is 2.80. The van der Waals surface area contributed by atoms with Gasteiger partial charge in [-0.2, -0.15) is 10.1 Å². The van der Waals surface area contributed by atoms with Gasteiger partial charge in [0.25, 0.3) is 5.91 Å². The van der Waals surface area contributed by atoms with E-state index in [2.05, 4.69) is 5.10 Å². The Bertz CT molecular complexity index is 483. The Morgan fingerprint density at radius 3 is 2.31 bits per heavy atom. The summed E-state index contributed by atoms with van der Waals surface area (Å²) in [7, 11) is 0. The molecule has 82 valence electrons. The number of carbonyl (C=O) groups is 1. The zero-order valence-electron chi connectivity index (χ0n) is 9.53. The van der Waals surface area contributed by atoms with Crippen molar-refractivity contribution < 1.29 is 4.79 Å². The summed E-state index contributed by atoms with van der Waals surface area (Å²) in [4.78, 5) is 12.2. The molecule has 0 aromatic heterocycles. The summed E-state index contributed by atoms with van der Waals surface area (Å²) in [5, 5.41) is 5.94. The van der Waals surface area contributed by atoms with Crippen LogP contribution < -0.4 is 5.01 Å². The molecular formula is C13H14N2O. The van der Waals surface area contributed by atoms with Crippen LogP contribution in [0.2, 0.25) is 0 Å². The van der Waals surface area contributed by atoms with Gasteiger partial charge in [-0.15, -0.1) is 0 Å². The van der Waals surface area contributed by atoms with Gasteiger partial charge in [-0.1, -0.05) is 17.7 Å². The van der Waals surface area contributed by atoms with Crippen LogP contribution in [0.4, 0.5) is 5.69 Å². The third kappa shape index (κ3) is 1.14. The van der Waals surface area contributed by atoms with Crippen LogP contribution in [0.5, 0.6) is 0 Å². The third-order valence-corrected chi connectivity index (χ3v) is 3.57. The highest BCUT2D eigenvalue weighted by Gasteiger charge is 2.58. The molecule has 1 fully saturated rings. The van der Waals surface area contributed by atoms with Gasteiger partial charge in [0.05, 0.1) is 16.8 Å². The van der Waals surface area contributed by atoms with Crippen LogP contribution in [0, 0.1) is 12.3 Å². The summed E-state index contributed by atoms with van der Waals surface area (Å²) >= 11 is 0. The first kappa shape index (κ1) is 9.58. The van der Waals surface area contributed by atoms with Gasteiger partial charge in [0.2, 0.25) is 0 Å². The molecule has 1 spiro atoms. The lowest BCUT2D eigenvalue weighted by Crippen LogP contribution is -2.28. The SMILES string of the molecule is CC1=NN(c2ccc(C)cc2)C(=O)C12CC2. The fourth-order valence-corrected chi connectivity index (χ4v) is 2.21. The number of aryl methyl sites for hydroxylation is 1.